The lowest BCUT2D eigenvalue weighted by molar-refractivity contribution is 0.246. The SMILES string of the molecule is CN=C(C=NN)COC. The Morgan fingerprint density at radius 3 is 2.78 bits per heavy atom. The van der Waals surface area contributed by atoms with Crippen LogP contribution in [0.15, 0.2) is 10.1 Å². The molecule has 0 saturated carbocycles. The van der Waals surface area contributed by atoms with Crippen molar-refractivity contribution in [2.24, 2.45) is 15.9 Å². The van der Waals surface area contributed by atoms with E-state index >= 15 is 0 Å². The zero-order valence-corrected chi connectivity index (χ0v) is 5.66. The molecule has 0 aliphatic rings. The van der Waals surface area contributed by atoms with Crippen molar-refractivity contribution in [3.63, 3.8) is 0 Å². The second kappa shape index (κ2) is 5.24. The Morgan fingerprint density at radius 2 is 2.44 bits per heavy atom. The lowest BCUT2D eigenvalue weighted by Gasteiger charge is -1.93. The zero-order chi connectivity index (χ0) is 7.11. The van der Waals surface area contributed by atoms with Gasteiger partial charge in [0, 0.05) is 14.2 Å². The van der Waals surface area contributed by atoms with Gasteiger partial charge in [0.1, 0.15) is 0 Å². The van der Waals surface area contributed by atoms with Gasteiger partial charge in [-0.05, 0) is 0 Å². The number of aliphatic imine (C=N–C) groups is 1. The van der Waals surface area contributed by atoms with Gasteiger partial charge in [0.05, 0.1) is 18.5 Å². The van der Waals surface area contributed by atoms with Crippen LogP contribution in [0.25, 0.3) is 0 Å². The second-order valence-corrected chi connectivity index (χ2v) is 1.43. The molecule has 0 rings (SSSR count). The maximum atomic E-state index is 4.87. The van der Waals surface area contributed by atoms with Gasteiger partial charge in [-0.25, -0.2) is 0 Å². The highest BCUT2D eigenvalue weighted by molar-refractivity contribution is 6.31. The van der Waals surface area contributed by atoms with Crippen LogP contribution in [0.3, 0.4) is 0 Å². The Kier molecular flexibility index (Phi) is 4.72. The van der Waals surface area contributed by atoms with E-state index in [2.05, 4.69) is 10.1 Å². The molecule has 0 radical (unpaired) electrons. The highest BCUT2D eigenvalue weighted by Crippen LogP contribution is 1.73. The zero-order valence-electron chi connectivity index (χ0n) is 5.66. The van der Waals surface area contributed by atoms with E-state index in [0.29, 0.717) is 6.61 Å². The molecule has 0 saturated heterocycles. The third-order valence-corrected chi connectivity index (χ3v) is 0.803. The van der Waals surface area contributed by atoms with E-state index in [0.717, 1.165) is 5.71 Å². The van der Waals surface area contributed by atoms with Gasteiger partial charge >= 0.3 is 0 Å². The highest BCUT2D eigenvalue weighted by Gasteiger charge is 1.88. The molecule has 0 amide bonds. The number of ether oxygens (including phenoxy) is 1. The van der Waals surface area contributed by atoms with Crippen molar-refractivity contribution in [2.45, 2.75) is 0 Å². The van der Waals surface area contributed by atoms with Gasteiger partial charge in [-0.1, -0.05) is 0 Å². The maximum Gasteiger partial charge on any atom is 0.0895 e. The van der Waals surface area contributed by atoms with Crippen LogP contribution in [-0.2, 0) is 4.74 Å². The summed E-state index contributed by atoms with van der Waals surface area (Å²) in [6, 6.07) is 0. The molecule has 0 unspecified atom stereocenters. The molecule has 0 aliphatic carbocycles. The van der Waals surface area contributed by atoms with Crippen LogP contribution >= 0.6 is 0 Å². The maximum absolute atomic E-state index is 4.87. The highest BCUT2D eigenvalue weighted by atomic mass is 16.5. The third kappa shape index (κ3) is 3.66. The first kappa shape index (κ1) is 8.10. The van der Waals surface area contributed by atoms with Crippen LogP contribution in [0.2, 0.25) is 0 Å². The number of methoxy groups -OCH3 is 1. The van der Waals surface area contributed by atoms with Gasteiger partial charge in [-0.3, -0.25) is 4.99 Å². The van der Waals surface area contributed by atoms with Gasteiger partial charge in [0.15, 0.2) is 0 Å². The lowest BCUT2D eigenvalue weighted by Crippen LogP contribution is -2.09. The molecule has 0 bridgehead atoms. The monoisotopic (exact) mass is 129 g/mol. The van der Waals surface area contributed by atoms with E-state index < -0.39 is 0 Å². The molecule has 0 atom stereocenters. The summed E-state index contributed by atoms with van der Waals surface area (Å²) in [6.45, 7) is 0.456. The number of hydrogen-bond donors (Lipinski definition) is 1. The summed E-state index contributed by atoms with van der Waals surface area (Å²) in [4.78, 5) is 3.83. The molecule has 4 heteroatoms. The molecule has 52 valence electrons. The van der Waals surface area contributed by atoms with Crippen molar-refractivity contribution >= 4 is 11.9 Å². The quantitative estimate of drug-likeness (QED) is 0.321. The van der Waals surface area contributed by atoms with Crippen LogP contribution in [0.1, 0.15) is 0 Å². The average Bonchev–Trinajstić information content (AvgIpc) is 1.88. The number of nitrogens with zero attached hydrogens (tertiary/aromatic N) is 2. The minimum atomic E-state index is 0.456. The van der Waals surface area contributed by atoms with Crippen molar-refractivity contribution in [2.75, 3.05) is 20.8 Å². The summed E-state index contributed by atoms with van der Waals surface area (Å²) in [6.07, 6.45) is 1.46. The van der Waals surface area contributed by atoms with Gasteiger partial charge < -0.3 is 10.6 Å². The fourth-order valence-corrected chi connectivity index (χ4v) is 0.393. The fourth-order valence-electron chi connectivity index (χ4n) is 0.393. The minimum Gasteiger partial charge on any atom is -0.378 e. The third-order valence-electron chi connectivity index (χ3n) is 0.803. The van der Waals surface area contributed by atoms with Crippen molar-refractivity contribution in [3.8, 4) is 0 Å². The van der Waals surface area contributed by atoms with Crippen LogP contribution in [-0.4, -0.2) is 32.7 Å². The van der Waals surface area contributed by atoms with Crippen molar-refractivity contribution in [1.29, 1.82) is 0 Å². The summed E-state index contributed by atoms with van der Waals surface area (Å²) in [5.74, 6) is 4.87. The molecule has 9 heavy (non-hydrogen) atoms. The van der Waals surface area contributed by atoms with E-state index in [1.54, 1.807) is 14.2 Å². The van der Waals surface area contributed by atoms with E-state index in [1.165, 1.54) is 6.21 Å². The smallest absolute Gasteiger partial charge is 0.0895 e. The number of nitrogens with two attached hydrogens (primary N) is 1. The number of hydrazone groups is 1. The molecule has 0 aliphatic heterocycles. The molecule has 0 fully saturated rings. The van der Waals surface area contributed by atoms with Crippen LogP contribution < -0.4 is 5.84 Å². The van der Waals surface area contributed by atoms with Crippen molar-refractivity contribution in [3.05, 3.63) is 0 Å². The molecular weight excluding hydrogens is 118 g/mol. The topological polar surface area (TPSA) is 60.0 Å². The number of hydrogen-bond acceptors (Lipinski definition) is 4. The van der Waals surface area contributed by atoms with E-state index in [9.17, 15) is 0 Å². The average molecular weight is 129 g/mol. The molecule has 0 aromatic rings. The molecule has 0 aromatic carbocycles. The van der Waals surface area contributed by atoms with Crippen LogP contribution in [0, 0.1) is 0 Å². The Balaban J connectivity index is 3.70. The standard InChI is InChI=1S/C5H11N3O/c1-7-5(3-8-6)4-9-2/h3H,4,6H2,1-2H3. The minimum absolute atomic E-state index is 0.456. The molecule has 0 heterocycles. The second-order valence-electron chi connectivity index (χ2n) is 1.43. The fraction of sp³-hybridized carbons (Fsp3) is 0.600. The van der Waals surface area contributed by atoms with E-state index in [1.807, 2.05) is 0 Å². The van der Waals surface area contributed by atoms with Gasteiger partial charge in [-0.15, -0.1) is 0 Å². The molecular formula is C5H11N3O. The normalized spacial score (nSPS) is 12.9. The first-order valence-corrected chi connectivity index (χ1v) is 2.53. The largest absolute Gasteiger partial charge is 0.378 e. The Morgan fingerprint density at radius 1 is 1.78 bits per heavy atom. The summed E-state index contributed by atoms with van der Waals surface area (Å²) in [5.41, 5.74) is 0.736. The van der Waals surface area contributed by atoms with Gasteiger partial charge in [0.25, 0.3) is 0 Å². The van der Waals surface area contributed by atoms with E-state index in [-0.39, 0.29) is 0 Å². The lowest BCUT2D eigenvalue weighted by atomic mass is 10.4. The van der Waals surface area contributed by atoms with Gasteiger partial charge in [0.2, 0.25) is 0 Å². The number of rotatable bonds is 3. The Hall–Kier alpha value is -0.900. The Bertz CT molecular complexity index is 119. The molecule has 0 aromatic heterocycles. The summed E-state index contributed by atoms with van der Waals surface area (Å²) in [5, 5.41) is 3.29. The molecule has 0 spiro atoms. The predicted molar refractivity (Wildman–Crippen MR) is 37.9 cm³/mol. The first-order chi connectivity index (χ1) is 4.35. The summed E-state index contributed by atoms with van der Waals surface area (Å²) >= 11 is 0. The Labute approximate surface area is 54.4 Å². The van der Waals surface area contributed by atoms with Crippen LogP contribution in [0.4, 0.5) is 0 Å². The van der Waals surface area contributed by atoms with Gasteiger partial charge in [-0.2, -0.15) is 5.10 Å². The van der Waals surface area contributed by atoms with Crippen molar-refractivity contribution < 1.29 is 4.74 Å². The predicted octanol–water partition coefficient (Wildman–Crippen LogP) is -0.352. The first-order valence-electron chi connectivity index (χ1n) is 2.53. The summed E-state index contributed by atoms with van der Waals surface area (Å²) in [7, 11) is 3.26. The molecule has 2 N–H and O–H groups in total. The van der Waals surface area contributed by atoms with Crippen LogP contribution in [0.5, 0.6) is 0 Å². The van der Waals surface area contributed by atoms with E-state index in [4.69, 9.17) is 10.6 Å². The summed E-state index contributed by atoms with van der Waals surface area (Å²) < 4.78 is 4.77. The molecule has 4 nitrogen and oxygen atoms in total. The van der Waals surface area contributed by atoms with Crippen molar-refractivity contribution in [1.82, 2.24) is 0 Å².